The highest BCUT2D eigenvalue weighted by molar-refractivity contribution is 5.40. The summed E-state index contributed by atoms with van der Waals surface area (Å²) in [4.78, 5) is 0. The largest absolute Gasteiger partial charge is 0.491 e. The molecule has 1 unspecified atom stereocenters. The van der Waals surface area contributed by atoms with Crippen LogP contribution in [-0.2, 0) is 13.2 Å². The van der Waals surface area contributed by atoms with Gasteiger partial charge >= 0.3 is 0 Å². The van der Waals surface area contributed by atoms with Crippen LogP contribution in [0.3, 0.4) is 0 Å². The molecule has 0 aliphatic rings. The first kappa shape index (κ1) is 12.0. The summed E-state index contributed by atoms with van der Waals surface area (Å²) in [6.07, 6.45) is 0. The van der Waals surface area contributed by atoms with Crippen molar-refractivity contribution in [3.63, 3.8) is 0 Å². The molecule has 1 aromatic rings. The van der Waals surface area contributed by atoms with E-state index in [0.29, 0.717) is 23.5 Å². The minimum absolute atomic E-state index is 0.0803. The van der Waals surface area contributed by atoms with E-state index in [9.17, 15) is 0 Å². The van der Waals surface area contributed by atoms with Gasteiger partial charge in [0.1, 0.15) is 12.4 Å². The van der Waals surface area contributed by atoms with Crippen LogP contribution in [0.15, 0.2) is 18.2 Å². The third-order valence-electron chi connectivity index (χ3n) is 2.01. The minimum atomic E-state index is -0.109. The highest BCUT2D eigenvalue weighted by atomic mass is 16.5. The minimum Gasteiger partial charge on any atom is -0.491 e. The van der Waals surface area contributed by atoms with Crippen molar-refractivity contribution in [2.24, 2.45) is 5.73 Å². The second-order valence-electron chi connectivity index (χ2n) is 3.51. The number of hydrogen-bond donors (Lipinski definition) is 3. The van der Waals surface area contributed by atoms with Crippen LogP contribution in [0, 0.1) is 0 Å². The van der Waals surface area contributed by atoms with E-state index in [2.05, 4.69) is 0 Å². The monoisotopic (exact) mass is 211 g/mol. The van der Waals surface area contributed by atoms with Crippen LogP contribution in [-0.4, -0.2) is 22.9 Å². The molecular formula is C11H17NO3. The molecule has 1 rings (SSSR count). The Morgan fingerprint density at radius 3 is 2.20 bits per heavy atom. The molecule has 0 aliphatic heterocycles. The average Bonchev–Trinajstić information content (AvgIpc) is 2.25. The van der Waals surface area contributed by atoms with Crippen molar-refractivity contribution in [3.8, 4) is 5.75 Å². The molecule has 0 heterocycles. The summed E-state index contributed by atoms with van der Waals surface area (Å²) < 4.78 is 5.47. The normalized spacial score (nSPS) is 12.5. The van der Waals surface area contributed by atoms with Crippen LogP contribution in [0.25, 0.3) is 0 Å². The van der Waals surface area contributed by atoms with Gasteiger partial charge < -0.3 is 20.7 Å². The summed E-state index contributed by atoms with van der Waals surface area (Å²) >= 11 is 0. The Morgan fingerprint density at radius 1 is 1.27 bits per heavy atom. The quantitative estimate of drug-likeness (QED) is 0.659. The van der Waals surface area contributed by atoms with Gasteiger partial charge in [-0.3, -0.25) is 0 Å². The lowest BCUT2D eigenvalue weighted by Gasteiger charge is -2.15. The molecule has 0 aliphatic carbocycles. The van der Waals surface area contributed by atoms with Gasteiger partial charge in [0.05, 0.1) is 13.2 Å². The molecule has 84 valence electrons. The van der Waals surface area contributed by atoms with Crippen molar-refractivity contribution >= 4 is 0 Å². The molecule has 0 saturated heterocycles. The van der Waals surface area contributed by atoms with Crippen molar-refractivity contribution in [2.45, 2.75) is 26.2 Å². The van der Waals surface area contributed by atoms with Gasteiger partial charge in [0, 0.05) is 17.2 Å². The van der Waals surface area contributed by atoms with Crippen molar-refractivity contribution in [1.29, 1.82) is 0 Å². The van der Waals surface area contributed by atoms with Gasteiger partial charge in [-0.1, -0.05) is 18.2 Å². The predicted octanol–water partition coefficient (Wildman–Crippen LogP) is 0.397. The van der Waals surface area contributed by atoms with E-state index in [4.69, 9.17) is 20.7 Å². The maximum absolute atomic E-state index is 9.11. The van der Waals surface area contributed by atoms with E-state index in [1.54, 1.807) is 18.2 Å². The maximum Gasteiger partial charge on any atom is 0.130 e. The van der Waals surface area contributed by atoms with E-state index in [1.807, 2.05) is 6.92 Å². The molecule has 0 fully saturated rings. The first-order chi connectivity index (χ1) is 7.19. The van der Waals surface area contributed by atoms with Crippen LogP contribution in [0.5, 0.6) is 5.75 Å². The number of nitrogens with two attached hydrogens (primary N) is 1. The second-order valence-corrected chi connectivity index (χ2v) is 3.51. The molecule has 0 spiro atoms. The lowest BCUT2D eigenvalue weighted by Crippen LogP contribution is -2.24. The molecule has 4 nitrogen and oxygen atoms in total. The molecule has 0 aromatic heterocycles. The number of aliphatic hydroxyl groups excluding tert-OH is 2. The van der Waals surface area contributed by atoms with E-state index in [0.717, 1.165) is 0 Å². The zero-order valence-corrected chi connectivity index (χ0v) is 8.81. The van der Waals surface area contributed by atoms with E-state index in [-0.39, 0.29) is 19.3 Å². The first-order valence-corrected chi connectivity index (χ1v) is 4.90. The van der Waals surface area contributed by atoms with E-state index >= 15 is 0 Å². The molecular weight excluding hydrogens is 194 g/mol. The second kappa shape index (κ2) is 5.70. The van der Waals surface area contributed by atoms with Gasteiger partial charge in [-0.15, -0.1) is 0 Å². The summed E-state index contributed by atoms with van der Waals surface area (Å²) in [5, 5.41) is 18.2. The lowest BCUT2D eigenvalue weighted by atomic mass is 10.1. The third kappa shape index (κ3) is 3.20. The number of rotatable bonds is 5. The number of aliphatic hydroxyl groups is 2. The van der Waals surface area contributed by atoms with Crippen LogP contribution in [0.2, 0.25) is 0 Å². The number of para-hydroxylation sites is 1. The fourth-order valence-corrected chi connectivity index (χ4v) is 1.29. The Balaban J connectivity index is 2.89. The molecule has 15 heavy (non-hydrogen) atoms. The Kier molecular flexibility index (Phi) is 4.55. The first-order valence-electron chi connectivity index (χ1n) is 4.90. The van der Waals surface area contributed by atoms with Gasteiger partial charge in [-0.05, 0) is 6.92 Å². The molecule has 0 saturated carbocycles. The zero-order valence-electron chi connectivity index (χ0n) is 8.81. The molecule has 4 heteroatoms. The zero-order chi connectivity index (χ0) is 11.3. The third-order valence-corrected chi connectivity index (χ3v) is 2.01. The molecule has 4 N–H and O–H groups in total. The standard InChI is InChI=1S/C11H17NO3/c1-8(12)7-15-11-9(5-13)3-2-4-10(11)6-14/h2-4,8,13-14H,5-7,12H2,1H3. The summed E-state index contributed by atoms with van der Waals surface area (Å²) in [6, 6.07) is 5.21. The van der Waals surface area contributed by atoms with Gasteiger partial charge in [-0.25, -0.2) is 0 Å². The average molecular weight is 211 g/mol. The highest BCUT2D eigenvalue weighted by Crippen LogP contribution is 2.24. The smallest absolute Gasteiger partial charge is 0.130 e. The summed E-state index contributed by atoms with van der Waals surface area (Å²) in [7, 11) is 0. The van der Waals surface area contributed by atoms with Crippen LogP contribution < -0.4 is 10.5 Å². The van der Waals surface area contributed by atoms with Gasteiger partial charge in [-0.2, -0.15) is 0 Å². The summed E-state index contributed by atoms with van der Waals surface area (Å²) in [5.41, 5.74) is 6.91. The molecule has 1 atom stereocenters. The topological polar surface area (TPSA) is 75.7 Å². The Bertz CT molecular complexity index is 290. The van der Waals surface area contributed by atoms with Gasteiger partial charge in [0.25, 0.3) is 0 Å². The van der Waals surface area contributed by atoms with Crippen molar-refractivity contribution in [3.05, 3.63) is 29.3 Å². The van der Waals surface area contributed by atoms with Crippen LogP contribution in [0.1, 0.15) is 18.1 Å². The van der Waals surface area contributed by atoms with Crippen molar-refractivity contribution in [2.75, 3.05) is 6.61 Å². The number of benzene rings is 1. The Morgan fingerprint density at radius 2 is 1.80 bits per heavy atom. The summed E-state index contributed by atoms with van der Waals surface area (Å²) in [6.45, 7) is 1.98. The number of ether oxygens (including phenoxy) is 1. The highest BCUT2D eigenvalue weighted by Gasteiger charge is 2.09. The lowest BCUT2D eigenvalue weighted by molar-refractivity contribution is 0.241. The fraction of sp³-hybridized carbons (Fsp3) is 0.455. The van der Waals surface area contributed by atoms with Crippen LogP contribution in [0.4, 0.5) is 0 Å². The Hall–Kier alpha value is -1.10. The van der Waals surface area contributed by atoms with Gasteiger partial charge in [0.2, 0.25) is 0 Å². The van der Waals surface area contributed by atoms with Crippen LogP contribution >= 0.6 is 0 Å². The Labute approximate surface area is 89.3 Å². The molecule has 0 amide bonds. The predicted molar refractivity (Wildman–Crippen MR) is 57.4 cm³/mol. The van der Waals surface area contributed by atoms with Crippen molar-refractivity contribution < 1.29 is 14.9 Å². The van der Waals surface area contributed by atoms with Crippen molar-refractivity contribution in [1.82, 2.24) is 0 Å². The maximum atomic E-state index is 9.11. The number of hydrogen-bond acceptors (Lipinski definition) is 4. The molecule has 0 bridgehead atoms. The SMILES string of the molecule is CC(N)COc1c(CO)cccc1CO. The molecule has 0 radical (unpaired) electrons. The van der Waals surface area contributed by atoms with Gasteiger partial charge in [0.15, 0.2) is 0 Å². The van der Waals surface area contributed by atoms with E-state index < -0.39 is 0 Å². The van der Waals surface area contributed by atoms with E-state index in [1.165, 1.54) is 0 Å². The summed E-state index contributed by atoms with van der Waals surface area (Å²) in [5.74, 6) is 0.541. The fourth-order valence-electron chi connectivity index (χ4n) is 1.29. The molecule has 1 aromatic carbocycles.